The molecule has 0 atom stereocenters. The summed E-state index contributed by atoms with van der Waals surface area (Å²) in [4.78, 5) is 6.04. The maximum atomic E-state index is 14.0. The predicted molar refractivity (Wildman–Crippen MR) is 112 cm³/mol. The molecule has 2 N–H and O–H groups in total. The Bertz CT molecular complexity index is 1010. The summed E-state index contributed by atoms with van der Waals surface area (Å²) < 4.78 is 14.0. The highest BCUT2D eigenvalue weighted by Gasteiger charge is 2.48. The van der Waals surface area contributed by atoms with Crippen LogP contribution in [0.3, 0.4) is 0 Å². The van der Waals surface area contributed by atoms with Gasteiger partial charge >= 0.3 is 0 Å². The molecule has 0 bridgehead atoms. The monoisotopic (exact) mass is 377 g/mol. The minimum Gasteiger partial charge on any atom is -0.357 e. The van der Waals surface area contributed by atoms with Crippen LogP contribution in [0.5, 0.6) is 0 Å². The molecule has 1 saturated carbocycles. The minimum absolute atomic E-state index is 0.000557. The lowest BCUT2D eigenvalue weighted by atomic mass is 9.66. The predicted octanol–water partition coefficient (Wildman–Crippen LogP) is 4.68. The Morgan fingerprint density at radius 2 is 1.75 bits per heavy atom. The normalized spacial score (nSPS) is 27.4. The van der Waals surface area contributed by atoms with Crippen LogP contribution in [0.2, 0.25) is 0 Å². The summed E-state index contributed by atoms with van der Waals surface area (Å²) in [6.45, 7) is 1.02. The first-order valence-corrected chi connectivity index (χ1v) is 10.3. The van der Waals surface area contributed by atoms with Crippen molar-refractivity contribution in [3.8, 4) is 0 Å². The molecule has 2 heterocycles. The molecular formula is C24H28FN3. The van der Waals surface area contributed by atoms with Crippen LogP contribution in [0.4, 0.5) is 4.39 Å². The first-order valence-electron chi connectivity index (χ1n) is 10.3. The Morgan fingerprint density at radius 3 is 2.50 bits per heavy atom. The van der Waals surface area contributed by atoms with Gasteiger partial charge < -0.3 is 10.3 Å². The second kappa shape index (κ2) is 6.43. The van der Waals surface area contributed by atoms with Crippen molar-refractivity contribution in [3.05, 3.63) is 71.2 Å². The van der Waals surface area contributed by atoms with Crippen molar-refractivity contribution < 1.29 is 4.39 Å². The van der Waals surface area contributed by atoms with Crippen LogP contribution >= 0.6 is 0 Å². The van der Waals surface area contributed by atoms with Crippen molar-refractivity contribution >= 4 is 10.9 Å². The van der Waals surface area contributed by atoms with E-state index in [-0.39, 0.29) is 16.9 Å². The Morgan fingerprint density at radius 1 is 0.964 bits per heavy atom. The number of aromatic amines is 1. The van der Waals surface area contributed by atoms with E-state index in [4.69, 9.17) is 0 Å². The zero-order valence-electron chi connectivity index (χ0n) is 16.7. The number of nitrogens with one attached hydrogen (secondary N) is 2. The topological polar surface area (TPSA) is 31.1 Å². The van der Waals surface area contributed by atoms with Crippen LogP contribution in [-0.2, 0) is 17.5 Å². The lowest BCUT2D eigenvalue weighted by Crippen LogP contribution is -2.55. The van der Waals surface area contributed by atoms with Gasteiger partial charge in [0.1, 0.15) is 5.82 Å². The molecule has 0 amide bonds. The number of H-pyrrole nitrogens is 1. The van der Waals surface area contributed by atoms with Crippen LogP contribution in [0.1, 0.15) is 42.5 Å². The van der Waals surface area contributed by atoms with E-state index in [2.05, 4.69) is 59.6 Å². The molecule has 1 aliphatic carbocycles. The molecule has 3 aromatic rings. The number of nitrogens with zero attached hydrogens (tertiary/aromatic N) is 1. The fraction of sp³-hybridized carbons (Fsp3) is 0.417. The number of para-hydroxylation sites is 1. The minimum atomic E-state index is -0.146. The highest BCUT2D eigenvalue weighted by Crippen LogP contribution is 2.50. The molecule has 1 aromatic heterocycles. The van der Waals surface area contributed by atoms with Crippen LogP contribution in [0, 0.1) is 5.82 Å². The van der Waals surface area contributed by atoms with Crippen molar-refractivity contribution in [2.75, 3.05) is 20.6 Å². The highest BCUT2D eigenvalue weighted by atomic mass is 19.1. The number of benzene rings is 2. The van der Waals surface area contributed by atoms with Crippen molar-refractivity contribution in [1.29, 1.82) is 0 Å². The number of halogens is 1. The maximum Gasteiger partial charge on any atom is 0.123 e. The molecule has 3 nitrogen and oxygen atoms in total. The zero-order chi connectivity index (χ0) is 19.4. The van der Waals surface area contributed by atoms with E-state index in [1.165, 1.54) is 28.2 Å². The van der Waals surface area contributed by atoms with Crippen molar-refractivity contribution in [3.63, 3.8) is 0 Å². The number of hydrogen-bond acceptors (Lipinski definition) is 2. The average molecular weight is 378 g/mol. The summed E-state index contributed by atoms with van der Waals surface area (Å²) in [5, 5.41) is 5.24. The van der Waals surface area contributed by atoms with Crippen LogP contribution in [0.15, 0.2) is 48.5 Å². The molecule has 0 radical (unpaired) electrons. The second-order valence-corrected chi connectivity index (χ2v) is 8.72. The molecule has 0 unspecified atom stereocenters. The lowest BCUT2D eigenvalue weighted by Gasteiger charge is -2.51. The Hall–Kier alpha value is -2.17. The van der Waals surface area contributed by atoms with Crippen LogP contribution in [-0.4, -0.2) is 30.5 Å². The van der Waals surface area contributed by atoms with Crippen molar-refractivity contribution in [2.24, 2.45) is 0 Å². The second-order valence-electron chi connectivity index (χ2n) is 8.72. The molecule has 5 rings (SSSR count). The van der Waals surface area contributed by atoms with Crippen molar-refractivity contribution in [2.45, 2.75) is 43.2 Å². The Kier molecular flexibility index (Phi) is 4.11. The molecule has 1 fully saturated rings. The molecule has 2 aromatic carbocycles. The van der Waals surface area contributed by atoms with E-state index in [0.717, 1.165) is 44.2 Å². The molecule has 1 spiro atoms. The van der Waals surface area contributed by atoms with Gasteiger partial charge in [0.25, 0.3) is 0 Å². The summed E-state index contributed by atoms with van der Waals surface area (Å²) in [7, 11) is 4.26. The zero-order valence-corrected chi connectivity index (χ0v) is 16.7. The van der Waals surface area contributed by atoms with Gasteiger partial charge in [0.15, 0.2) is 0 Å². The molecular weight excluding hydrogens is 349 g/mol. The number of hydrogen-bond donors (Lipinski definition) is 2. The van der Waals surface area contributed by atoms with E-state index >= 15 is 0 Å². The number of fused-ring (bicyclic) bond motifs is 4. The quantitative estimate of drug-likeness (QED) is 0.679. The SMILES string of the molecule is CN(C)[C@]1(c2cccc(F)c2)CC[C@@]2(CC1)NCCc1c3ccccc3[nH]c12. The van der Waals surface area contributed by atoms with Gasteiger partial charge in [0.05, 0.1) is 5.54 Å². The maximum absolute atomic E-state index is 14.0. The van der Waals surface area contributed by atoms with Crippen LogP contribution < -0.4 is 5.32 Å². The standard InChI is InChI=1S/C24H28FN3/c1-28(2)24(17-6-5-7-18(25)16-17)13-11-23(12-14-24)22-20(10-15-26-23)19-8-3-4-9-21(19)27-22/h3-9,16,26-27H,10-15H2,1-2H3/t23-,24+. The first kappa shape index (κ1) is 17.9. The van der Waals surface area contributed by atoms with Gasteiger partial charge in [-0.15, -0.1) is 0 Å². The molecule has 146 valence electrons. The third-order valence-electron chi connectivity index (χ3n) is 7.28. The molecule has 2 aliphatic rings. The average Bonchev–Trinajstić information content (AvgIpc) is 3.09. The smallest absolute Gasteiger partial charge is 0.123 e. The van der Waals surface area contributed by atoms with Crippen molar-refractivity contribution in [1.82, 2.24) is 15.2 Å². The molecule has 0 saturated heterocycles. The fourth-order valence-electron chi connectivity index (χ4n) is 5.67. The van der Waals surface area contributed by atoms with Gasteiger partial charge in [0, 0.05) is 28.7 Å². The van der Waals surface area contributed by atoms with Gasteiger partial charge in [-0.2, -0.15) is 0 Å². The summed E-state index contributed by atoms with van der Waals surface area (Å²) in [5.74, 6) is -0.146. The Balaban J connectivity index is 1.53. The summed E-state index contributed by atoms with van der Waals surface area (Å²) in [6, 6.07) is 15.8. The van der Waals surface area contributed by atoms with Gasteiger partial charge in [0.2, 0.25) is 0 Å². The Labute approximate surface area is 165 Å². The molecule has 28 heavy (non-hydrogen) atoms. The summed E-state index contributed by atoms with van der Waals surface area (Å²) >= 11 is 0. The highest BCUT2D eigenvalue weighted by molar-refractivity contribution is 5.85. The lowest BCUT2D eigenvalue weighted by molar-refractivity contribution is 0.0494. The summed E-state index contributed by atoms with van der Waals surface area (Å²) in [5.41, 5.74) is 5.09. The molecule has 4 heteroatoms. The third-order valence-corrected chi connectivity index (χ3v) is 7.28. The first-order chi connectivity index (χ1) is 13.5. The van der Waals surface area contributed by atoms with E-state index in [1.54, 1.807) is 6.07 Å². The van der Waals surface area contributed by atoms with Gasteiger partial charge in [-0.25, -0.2) is 4.39 Å². The largest absolute Gasteiger partial charge is 0.357 e. The van der Waals surface area contributed by atoms with Gasteiger partial charge in [-0.05, 0) is 75.5 Å². The summed E-state index contributed by atoms with van der Waals surface area (Å²) in [6.07, 6.45) is 5.17. The van der Waals surface area contributed by atoms with E-state index < -0.39 is 0 Å². The third kappa shape index (κ3) is 2.55. The molecule has 1 aliphatic heterocycles. The van der Waals surface area contributed by atoms with E-state index in [9.17, 15) is 4.39 Å². The van der Waals surface area contributed by atoms with E-state index in [0.29, 0.717) is 0 Å². The van der Waals surface area contributed by atoms with Gasteiger partial charge in [-0.3, -0.25) is 4.90 Å². The number of aromatic nitrogens is 1. The fourth-order valence-corrected chi connectivity index (χ4v) is 5.67. The van der Waals surface area contributed by atoms with Crippen LogP contribution in [0.25, 0.3) is 10.9 Å². The van der Waals surface area contributed by atoms with E-state index in [1.807, 2.05) is 6.07 Å². The number of rotatable bonds is 2. The van der Waals surface area contributed by atoms with Gasteiger partial charge in [-0.1, -0.05) is 30.3 Å².